The van der Waals surface area contributed by atoms with Gasteiger partial charge in [-0.15, -0.1) is 0 Å². The third kappa shape index (κ3) is 1.84. The van der Waals surface area contributed by atoms with Crippen LogP contribution in [0.1, 0.15) is 37.1 Å². The van der Waals surface area contributed by atoms with Crippen molar-refractivity contribution in [1.29, 1.82) is 0 Å². The number of hydrogen-bond acceptors (Lipinski definition) is 3. The summed E-state index contributed by atoms with van der Waals surface area (Å²) in [4.78, 5) is 2.39. The van der Waals surface area contributed by atoms with E-state index in [-0.39, 0.29) is 0 Å². The van der Waals surface area contributed by atoms with Crippen LogP contribution in [-0.4, -0.2) is 18.5 Å². The van der Waals surface area contributed by atoms with Crippen LogP contribution in [0.2, 0.25) is 0 Å². The number of hydrogen-bond donors (Lipinski definition) is 0. The number of benzene rings is 1. The van der Waals surface area contributed by atoms with Crippen LogP contribution in [0.4, 0.5) is 0 Å². The second-order valence-electron chi connectivity index (χ2n) is 6.08. The minimum Gasteiger partial charge on any atom is -0.464 e. The van der Waals surface area contributed by atoms with Crippen LogP contribution < -0.4 is 0 Å². The summed E-state index contributed by atoms with van der Waals surface area (Å²) in [6, 6.07) is 10.6. The van der Waals surface area contributed by atoms with Crippen molar-refractivity contribution in [2.75, 3.05) is 13.6 Å². The number of likely N-dealkylation sites (N-methyl/N-ethyl adjacent to an activating group) is 1. The van der Waals surface area contributed by atoms with Crippen LogP contribution in [0.25, 0.3) is 22.3 Å². The van der Waals surface area contributed by atoms with Gasteiger partial charge < -0.3 is 8.83 Å². The van der Waals surface area contributed by atoms with Crippen molar-refractivity contribution in [3.63, 3.8) is 0 Å². The molecule has 3 nitrogen and oxygen atoms in total. The maximum absolute atomic E-state index is 6.14. The third-order valence-electron chi connectivity index (χ3n) is 4.65. The Labute approximate surface area is 124 Å². The Morgan fingerprint density at radius 3 is 2.81 bits per heavy atom. The molecule has 0 spiro atoms. The molecular formula is C18H19NO2. The van der Waals surface area contributed by atoms with Gasteiger partial charge in [0.1, 0.15) is 17.1 Å². The topological polar surface area (TPSA) is 29.5 Å². The molecule has 0 amide bonds. The largest absolute Gasteiger partial charge is 0.464 e. The van der Waals surface area contributed by atoms with E-state index in [4.69, 9.17) is 8.83 Å². The average Bonchev–Trinajstić information content (AvgIpc) is 3.11. The van der Waals surface area contributed by atoms with E-state index in [2.05, 4.69) is 44.0 Å². The zero-order valence-electron chi connectivity index (χ0n) is 12.6. The fraction of sp³-hybridized carbons (Fsp3) is 0.333. The lowest BCUT2D eigenvalue weighted by molar-refractivity contribution is 0.215. The van der Waals surface area contributed by atoms with Crippen molar-refractivity contribution in [2.24, 2.45) is 0 Å². The summed E-state index contributed by atoms with van der Waals surface area (Å²) < 4.78 is 11.7. The molecule has 4 rings (SSSR count). The number of nitrogens with zero attached hydrogens (tertiary/aromatic N) is 1. The Morgan fingerprint density at radius 2 is 2.05 bits per heavy atom. The van der Waals surface area contributed by atoms with Gasteiger partial charge in [-0.2, -0.15) is 0 Å². The molecule has 3 heterocycles. The van der Waals surface area contributed by atoms with E-state index in [1.54, 1.807) is 6.26 Å². The normalized spacial score (nSPS) is 22.6. The molecule has 0 saturated carbocycles. The summed E-state index contributed by atoms with van der Waals surface area (Å²) in [7, 11) is 2.18. The molecule has 2 aromatic heterocycles. The highest BCUT2D eigenvalue weighted by Gasteiger charge is 2.31. The van der Waals surface area contributed by atoms with Gasteiger partial charge in [-0.1, -0.05) is 6.92 Å². The molecule has 1 aromatic carbocycles. The first-order valence-electron chi connectivity index (χ1n) is 7.45. The Morgan fingerprint density at radius 1 is 1.19 bits per heavy atom. The first-order chi connectivity index (χ1) is 10.1. The van der Waals surface area contributed by atoms with Gasteiger partial charge in [0.15, 0.2) is 0 Å². The van der Waals surface area contributed by atoms with E-state index in [9.17, 15) is 0 Å². The molecule has 1 aliphatic heterocycles. The second kappa shape index (κ2) is 4.50. The first kappa shape index (κ1) is 12.7. The number of furan rings is 2. The van der Waals surface area contributed by atoms with E-state index in [0.29, 0.717) is 12.0 Å². The van der Waals surface area contributed by atoms with Crippen LogP contribution in [0.15, 0.2) is 45.4 Å². The molecule has 0 aliphatic carbocycles. The van der Waals surface area contributed by atoms with E-state index < -0.39 is 0 Å². The van der Waals surface area contributed by atoms with Crippen molar-refractivity contribution >= 4 is 11.0 Å². The summed E-state index contributed by atoms with van der Waals surface area (Å²) in [5.74, 6) is 2.48. The van der Waals surface area contributed by atoms with Gasteiger partial charge >= 0.3 is 0 Å². The highest BCUT2D eigenvalue weighted by atomic mass is 16.3. The summed E-state index contributed by atoms with van der Waals surface area (Å²) in [5, 5.41) is 1.21. The highest BCUT2D eigenvalue weighted by molar-refractivity contribution is 5.87. The molecule has 0 radical (unpaired) electrons. The molecule has 0 fully saturated rings. The van der Waals surface area contributed by atoms with Crippen molar-refractivity contribution < 1.29 is 8.83 Å². The van der Waals surface area contributed by atoms with E-state index in [0.717, 1.165) is 29.2 Å². The van der Waals surface area contributed by atoms with Crippen LogP contribution >= 0.6 is 0 Å². The third-order valence-corrected chi connectivity index (χ3v) is 4.65. The Hall–Kier alpha value is -2.00. The molecule has 2 atom stereocenters. The van der Waals surface area contributed by atoms with Gasteiger partial charge in [0.2, 0.25) is 0 Å². The predicted octanol–water partition coefficient (Wildman–Crippen LogP) is 4.80. The van der Waals surface area contributed by atoms with Gasteiger partial charge in [-0.3, -0.25) is 4.90 Å². The van der Waals surface area contributed by atoms with Crippen LogP contribution in [0.5, 0.6) is 0 Å². The zero-order valence-corrected chi connectivity index (χ0v) is 12.6. The Balaban J connectivity index is 1.95. The molecular weight excluding hydrogens is 262 g/mol. The molecule has 108 valence electrons. The number of fused-ring (bicyclic) bond motifs is 3. The molecule has 0 saturated heterocycles. The fourth-order valence-corrected chi connectivity index (χ4v) is 3.42. The van der Waals surface area contributed by atoms with Gasteiger partial charge in [0.05, 0.1) is 6.26 Å². The lowest BCUT2D eigenvalue weighted by Gasteiger charge is -2.32. The minimum atomic E-state index is 0.379. The molecule has 0 N–H and O–H groups in total. The summed E-state index contributed by atoms with van der Waals surface area (Å²) in [6.45, 7) is 5.52. The maximum Gasteiger partial charge on any atom is 0.134 e. The summed E-state index contributed by atoms with van der Waals surface area (Å²) in [6.07, 6.45) is 1.71. The van der Waals surface area contributed by atoms with Gasteiger partial charge in [0, 0.05) is 35.0 Å². The van der Waals surface area contributed by atoms with Crippen molar-refractivity contribution in [1.82, 2.24) is 4.90 Å². The number of rotatable bonds is 1. The fourth-order valence-electron chi connectivity index (χ4n) is 3.42. The highest BCUT2D eigenvalue weighted by Crippen LogP contribution is 2.42. The summed E-state index contributed by atoms with van der Waals surface area (Å²) in [5.41, 5.74) is 3.41. The van der Waals surface area contributed by atoms with Crippen LogP contribution in [-0.2, 0) is 0 Å². The van der Waals surface area contributed by atoms with Crippen molar-refractivity contribution in [2.45, 2.75) is 25.8 Å². The Kier molecular flexibility index (Phi) is 2.73. The zero-order chi connectivity index (χ0) is 14.6. The summed E-state index contributed by atoms with van der Waals surface area (Å²) >= 11 is 0. The maximum atomic E-state index is 6.14. The van der Waals surface area contributed by atoms with Gasteiger partial charge in [-0.05, 0) is 44.3 Å². The van der Waals surface area contributed by atoms with Gasteiger partial charge in [0.25, 0.3) is 0 Å². The predicted molar refractivity (Wildman–Crippen MR) is 83.4 cm³/mol. The van der Waals surface area contributed by atoms with E-state index in [1.165, 1.54) is 10.9 Å². The molecule has 21 heavy (non-hydrogen) atoms. The molecule has 0 bridgehead atoms. The monoisotopic (exact) mass is 281 g/mol. The quantitative estimate of drug-likeness (QED) is 0.641. The van der Waals surface area contributed by atoms with Crippen molar-refractivity contribution in [3.8, 4) is 11.3 Å². The van der Waals surface area contributed by atoms with Crippen LogP contribution in [0, 0.1) is 0 Å². The molecule has 3 heteroatoms. The molecule has 3 aromatic rings. The Bertz CT molecular complexity index is 785. The second-order valence-corrected chi connectivity index (χ2v) is 6.08. The molecule has 1 aliphatic rings. The van der Waals surface area contributed by atoms with E-state index in [1.807, 2.05) is 12.1 Å². The van der Waals surface area contributed by atoms with Crippen LogP contribution in [0.3, 0.4) is 0 Å². The SMILES string of the molecule is CC1CN(C)C(C)c2c1oc1ccc(-c3ccco3)cc21. The molecule has 2 unspecified atom stereocenters. The van der Waals surface area contributed by atoms with Crippen molar-refractivity contribution in [3.05, 3.63) is 47.9 Å². The lowest BCUT2D eigenvalue weighted by atomic mass is 9.91. The average molecular weight is 281 g/mol. The van der Waals surface area contributed by atoms with E-state index >= 15 is 0 Å². The standard InChI is InChI=1S/C18H19NO2/c1-11-10-19(3)12(2)17-14-9-13(15-5-4-8-20-15)6-7-16(14)21-18(11)17/h4-9,11-12H,10H2,1-3H3. The minimum absolute atomic E-state index is 0.379. The van der Waals surface area contributed by atoms with Gasteiger partial charge in [-0.25, -0.2) is 0 Å². The first-order valence-corrected chi connectivity index (χ1v) is 7.45. The lowest BCUT2D eigenvalue weighted by Crippen LogP contribution is -2.31. The smallest absolute Gasteiger partial charge is 0.134 e.